The van der Waals surface area contributed by atoms with Crippen LogP contribution in [0.2, 0.25) is 0 Å². The molecule has 1 saturated heterocycles. The molecule has 1 fully saturated rings. The monoisotopic (exact) mass is 303 g/mol. The van der Waals surface area contributed by atoms with Crippen molar-refractivity contribution in [2.75, 3.05) is 11.4 Å². The Kier molecular flexibility index (Phi) is 3.93. The topological polar surface area (TPSA) is 29.0 Å². The molecule has 0 unspecified atom stereocenters. The van der Waals surface area contributed by atoms with E-state index in [-0.39, 0.29) is 0 Å². The van der Waals surface area contributed by atoms with E-state index in [2.05, 4.69) is 40.2 Å². The standard InChI is InChI=1S/C20H21N3/c1-2-7-16(8-3-1)12-13-17-9-6-14-23(17)20-15-21-18-10-4-5-11-19(18)22-20/h1-5,7-8,10-11,15,17H,6,9,12-14H2/t17-/m1/s1. The molecule has 1 aromatic heterocycles. The van der Waals surface area contributed by atoms with Crippen LogP contribution in [0.4, 0.5) is 5.82 Å². The molecule has 1 atom stereocenters. The Hall–Kier alpha value is -2.42. The Balaban J connectivity index is 1.52. The molecule has 0 amide bonds. The molecule has 0 radical (unpaired) electrons. The Morgan fingerprint density at radius 2 is 1.74 bits per heavy atom. The van der Waals surface area contributed by atoms with Gasteiger partial charge in [-0.3, -0.25) is 4.98 Å². The maximum atomic E-state index is 4.83. The van der Waals surface area contributed by atoms with Crippen molar-refractivity contribution in [3.63, 3.8) is 0 Å². The molecular formula is C20H21N3. The molecule has 4 rings (SSSR count). The highest BCUT2D eigenvalue weighted by Crippen LogP contribution is 2.27. The number of anilines is 1. The maximum Gasteiger partial charge on any atom is 0.148 e. The fourth-order valence-electron chi connectivity index (χ4n) is 3.50. The molecule has 2 heterocycles. The molecule has 3 heteroatoms. The van der Waals surface area contributed by atoms with E-state index < -0.39 is 0 Å². The van der Waals surface area contributed by atoms with Gasteiger partial charge in [-0.05, 0) is 43.4 Å². The van der Waals surface area contributed by atoms with Crippen molar-refractivity contribution in [2.45, 2.75) is 31.7 Å². The molecule has 0 bridgehead atoms. The summed E-state index contributed by atoms with van der Waals surface area (Å²) in [6.45, 7) is 1.09. The second-order valence-electron chi connectivity index (χ2n) is 6.23. The first-order chi connectivity index (χ1) is 11.4. The first kappa shape index (κ1) is 14.2. The van der Waals surface area contributed by atoms with Crippen LogP contribution in [0.25, 0.3) is 11.0 Å². The summed E-state index contributed by atoms with van der Waals surface area (Å²) in [5.41, 5.74) is 3.37. The van der Waals surface area contributed by atoms with Gasteiger partial charge in [0, 0.05) is 12.6 Å². The van der Waals surface area contributed by atoms with Crippen LogP contribution in [0.5, 0.6) is 0 Å². The summed E-state index contributed by atoms with van der Waals surface area (Å²) in [7, 11) is 0. The summed E-state index contributed by atoms with van der Waals surface area (Å²) in [5.74, 6) is 1.03. The van der Waals surface area contributed by atoms with E-state index in [9.17, 15) is 0 Å². The lowest BCUT2D eigenvalue weighted by atomic mass is 10.0. The van der Waals surface area contributed by atoms with Crippen LogP contribution in [-0.2, 0) is 6.42 Å². The highest BCUT2D eigenvalue weighted by atomic mass is 15.2. The number of rotatable bonds is 4. The van der Waals surface area contributed by atoms with Crippen molar-refractivity contribution in [2.24, 2.45) is 0 Å². The second kappa shape index (κ2) is 6.37. The Labute approximate surface area is 137 Å². The number of para-hydroxylation sites is 2. The van der Waals surface area contributed by atoms with Gasteiger partial charge in [0.1, 0.15) is 5.82 Å². The fraction of sp³-hybridized carbons (Fsp3) is 0.300. The molecule has 1 aliphatic rings. The van der Waals surface area contributed by atoms with E-state index in [0.29, 0.717) is 6.04 Å². The van der Waals surface area contributed by atoms with Gasteiger partial charge < -0.3 is 4.90 Å². The molecule has 3 nitrogen and oxygen atoms in total. The van der Waals surface area contributed by atoms with Gasteiger partial charge in [-0.25, -0.2) is 4.98 Å². The van der Waals surface area contributed by atoms with Gasteiger partial charge in [-0.1, -0.05) is 42.5 Å². The molecular weight excluding hydrogens is 282 g/mol. The Morgan fingerprint density at radius 1 is 0.957 bits per heavy atom. The molecule has 2 aromatic carbocycles. The van der Waals surface area contributed by atoms with Crippen molar-refractivity contribution >= 4 is 16.9 Å². The van der Waals surface area contributed by atoms with Gasteiger partial charge in [0.15, 0.2) is 0 Å². The van der Waals surface area contributed by atoms with Gasteiger partial charge >= 0.3 is 0 Å². The molecule has 0 aliphatic carbocycles. The lowest BCUT2D eigenvalue weighted by Gasteiger charge is -2.25. The summed E-state index contributed by atoms with van der Waals surface area (Å²) in [6, 6.07) is 19.4. The summed E-state index contributed by atoms with van der Waals surface area (Å²) in [5, 5.41) is 0. The minimum absolute atomic E-state index is 0.575. The highest BCUT2D eigenvalue weighted by Gasteiger charge is 2.25. The van der Waals surface area contributed by atoms with Crippen molar-refractivity contribution in [1.82, 2.24) is 9.97 Å². The number of aryl methyl sites for hydroxylation is 1. The van der Waals surface area contributed by atoms with Crippen molar-refractivity contribution in [1.29, 1.82) is 0 Å². The van der Waals surface area contributed by atoms with Gasteiger partial charge in [0.05, 0.1) is 17.2 Å². The molecule has 3 aromatic rings. The normalized spacial score (nSPS) is 17.7. The van der Waals surface area contributed by atoms with Crippen LogP contribution in [0.1, 0.15) is 24.8 Å². The van der Waals surface area contributed by atoms with Gasteiger partial charge in [0.2, 0.25) is 0 Å². The Morgan fingerprint density at radius 3 is 2.61 bits per heavy atom. The van der Waals surface area contributed by atoms with Gasteiger partial charge in [-0.15, -0.1) is 0 Å². The molecule has 1 aliphatic heterocycles. The minimum Gasteiger partial charge on any atom is -0.352 e. The molecule has 0 saturated carbocycles. The van der Waals surface area contributed by atoms with Crippen molar-refractivity contribution in [3.8, 4) is 0 Å². The van der Waals surface area contributed by atoms with Gasteiger partial charge in [-0.2, -0.15) is 0 Å². The van der Waals surface area contributed by atoms with Crippen LogP contribution in [0.15, 0.2) is 60.8 Å². The summed E-state index contributed by atoms with van der Waals surface area (Å²) >= 11 is 0. The maximum absolute atomic E-state index is 4.83. The predicted molar refractivity (Wildman–Crippen MR) is 94.7 cm³/mol. The van der Waals surface area contributed by atoms with Crippen LogP contribution in [-0.4, -0.2) is 22.6 Å². The summed E-state index contributed by atoms with van der Waals surface area (Å²) in [4.78, 5) is 11.8. The summed E-state index contributed by atoms with van der Waals surface area (Å²) < 4.78 is 0. The van der Waals surface area contributed by atoms with E-state index in [1.807, 2.05) is 30.5 Å². The largest absolute Gasteiger partial charge is 0.352 e. The predicted octanol–water partition coefficient (Wildman–Crippen LogP) is 4.23. The number of nitrogens with zero attached hydrogens (tertiary/aromatic N) is 3. The van der Waals surface area contributed by atoms with E-state index in [1.54, 1.807) is 0 Å². The van der Waals surface area contributed by atoms with Crippen molar-refractivity contribution in [3.05, 3.63) is 66.4 Å². The van der Waals surface area contributed by atoms with Crippen LogP contribution in [0, 0.1) is 0 Å². The number of hydrogen-bond donors (Lipinski definition) is 0. The fourth-order valence-corrected chi connectivity index (χ4v) is 3.50. The van der Waals surface area contributed by atoms with Crippen molar-refractivity contribution < 1.29 is 0 Å². The zero-order chi connectivity index (χ0) is 15.5. The molecule has 116 valence electrons. The third-order valence-electron chi connectivity index (χ3n) is 4.72. The first-order valence-corrected chi connectivity index (χ1v) is 8.42. The second-order valence-corrected chi connectivity index (χ2v) is 6.23. The lowest BCUT2D eigenvalue weighted by Crippen LogP contribution is -2.30. The summed E-state index contributed by atoms with van der Waals surface area (Å²) in [6.07, 6.45) is 6.74. The lowest BCUT2D eigenvalue weighted by molar-refractivity contribution is 0.606. The van der Waals surface area contributed by atoms with E-state index >= 15 is 0 Å². The zero-order valence-electron chi connectivity index (χ0n) is 13.2. The molecule has 23 heavy (non-hydrogen) atoms. The zero-order valence-corrected chi connectivity index (χ0v) is 13.2. The number of aromatic nitrogens is 2. The molecule has 0 spiro atoms. The number of hydrogen-bond acceptors (Lipinski definition) is 3. The average Bonchev–Trinajstić information content (AvgIpc) is 3.09. The van der Waals surface area contributed by atoms with E-state index in [4.69, 9.17) is 4.98 Å². The van der Waals surface area contributed by atoms with Crippen LogP contribution in [0.3, 0.4) is 0 Å². The van der Waals surface area contributed by atoms with E-state index in [0.717, 1.165) is 29.8 Å². The van der Waals surface area contributed by atoms with E-state index in [1.165, 1.54) is 24.8 Å². The number of fused-ring (bicyclic) bond motifs is 1. The van der Waals surface area contributed by atoms with Crippen LogP contribution < -0.4 is 4.90 Å². The van der Waals surface area contributed by atoms with Gasteiger partial charge in [0.25, 0.3) is 0 Å². The molecule has 0 N–H and O–H groups in total. The highest BCUT2D eigenvalue weighted by molar-refractivity contribution is 5.75. The SMILES string of the molecule is c1ccc(CC[C@H]2CCCN2c2cnc3ccccc3n2)cc1. The number of benzene rings is 2. The smallest absolute Gasteiger partial charge is 0.148 e. The third kappa shape index (κ3) is 3.04. The Bertz CT molecular complexity index is 785. The van der Waals surface area contributed by atoms with Crippen LogP contribution >= 0.6 is 0 Å². The quantitative estimate of drug-likeness (QED) is 0.722. The third-order valence-corrected chi connectivity index (χ3v) is 4.72. The average molecular weight is 303 g/mol. The first-order valence-electron chi connectivity index (χ1n) is 8.42. The minimum atomic E-state index is 0.575.